The van der Waals surface area contributed by atoms with E-state index < -0.39 is 0 Å². The van der Waals surface area contributed by atoms with Crippen LogP contribution in [0.1, 0.15) is 43.6 Å². The Balaban J connectivity index is 1.87. The minimum absolute atomic E-state index is 0.0587. The molecule has 2 amide bonds. The number of carbonyl (C=O) groups excluding carboxylic acids is 1. The smallest absolute Gasteiger partial charge is 0.322 e. The fraction of sp³-hybridized carbons (Fsp3) is 0.500. The molecule has 1 atom stereocenters. The first-order chi connectivity index (χ1) is 12.0. The number of piperidine rings is 1. The van der Waals surface area contributed by atoms with Crippen LogP contribution >= 0.6 is 0 Å². The lowest BCUT2D eigenvalue weighted by Gasteiger charge is -2.35. The van der Waals surface area contributed by atoms with E-state index in [1.165, 1.54) is 4.57 Å². The fourth-order valence-electron chi connectivity index (χ4n) is 3.38. The standard InChI is InChI=1S/C18H25N5O2/c1-4-22-12-9-19-16(22)14-7-5-6-10-23(14)18(25)20-15-13(2)8-11-21(3)17(15)24/h8-9,11-12,14H,4-7,10H2,1-3H3,(H,20,25)/t14-/m0/s1. The third kappa shape index (κ3) is 3.31. The number of hydrogen-bond donors (Lipinski definition) is 1. The van der Waals surface area contributed by atoms with Gasteiger partial charge in [0.05, 0.1) is 6.04 Å². The molecule has 0 radical (unpaired) electrons. The summed E-state index contributed by atoms with van der Waals surface area (Å²) < 4.78 is 3.54. The minimum atomic E-state index is -0.234. The van der Waals surface area contributed by atoms with Gasteiger partial charge in [-0.1, -0.05) is 0 Å². The quantitative estimate of drug-likeness (QED) is 0.931. The molecular formula is C18H25N5O2. The topological polar surface area (TPSA) is 72.2 Å². The van der Waals surface area contributed by atoms with Gasteiger partial charge in [-0.2, -0.15) is 0 Å². The zero-order valence-corrected chi connectivity index (χ0v) is 15.0. The van der Waals surface area contributed by atoms with E-state index in [9.17, 15) is 9.59 Å². The van der Waals surface area contributed by atoms with Gasteiger partial charge in [0, 0.05) is 38.7 Å². The van der Waals surface area contributed by atoms with Crippen molar-refractivity contribution in [3.8, 4) is 0 Å². The average Bonchev–Trinajstić information content (AvgIpc) is 3.10. The SMILES string of the molecule is CCn1ccnc1[C@@H]1CCCCN1C(=O)Nc1c(C)ccn(C)c1=O. The maximum Gasteiger partial charge on any atom is 0.322 e. The Morgan fingerprint density at radius 3 is 2.92 bits per heavy atom. The molecule has 1 aliphatic rings. The Morgan fingerprint density at radius 2 is 2.16 bits per heavy atom. The van der Waals surface area contributed by atoms with Crippen molar-refractivity contribution in [1.82, 2.24) is 19.0 Å². The number of nitrogens with zero attached hydrogens (tertiary/aromatic N) is 4. The van der Waals surface area contributed by atoms with Crippen LogP contribution < -0.4 is 10.9 Å². The Morgan fingerprint density at radius 1 is 1.36 bits per heavy atom. The molecule has 2 aromatic rings. The maximum atomic E-state index is 12.9. The second kappa shape index (κ2) is 7.13. The maximum absolute atomic E-state index is 12.9. The summed E-state index contributed by atoms with van der Waals surface area (Å²) >= 11 is 0. The van der Waals surface area contributed by atoms with Gasteiger partial charge in [0.1, 0.15) is 11.5 Å². The number of aryl methyl sites for hydroxylation is 3. The number of nitrogens with one attached hydrogen (secondary N) is 1. The lowest BCUT2D eigenvalue weighted by molar-refractivity contribution is 0.157. The number of carbonyl (C=O) groups is 1. The summed E-state index contributed by atoms with van der Waals surface area (Å²) in [6, 6.07) is 1.53. The first-order valence-electron chi connectivity index (χ1n) is 8.77. The van der Waals surface area contributed by atoms with E-state index in [0.29, 0.717) is 12.2 Å². The van der Waals surface area contributed by atoms with E-state index in [2.05, 4.69) is 21.8 Å². The monoisotopic (exact) mass is 343 g/mol. The number of anilines is 1. The van der Waals surface area contributed by atoms with Crippen molar-refractivity contribution in [3.63, 3.8) is 0 Å². The number of aromatic nitrogens is 3. The molecule has 3 heterocycles. The first-order valence-corrected chi connectivity index (χ1v) is 8.77. The number of imidazole rings is 1. The van der Waals surface area contributed by atoms with E-state index in [1.807, 2.05) is 24.1 Å². The zero-order chi connectivity index (χ0) is 18.0. The predicted octanol–water partition coefficient (Wildman–Crippen LogP) is 2.67. The van der Waals surface area contributed by atoms with Crippen LogP contribution in [0.15, 0.2) is 29.5 Å². The number of pyridine rings is 1. The van der Waals surface area contributed by atoms with Gasteiger partial charge in [-0.25, -0.2) is 9.78 Å². The number of rotatable bonds is 3. The molecule has 25 heavy (non-hydrogen) atoms. The van der Waals surface area contributed by atoms with Crippen LogP contribution in [-0.4, -0.2) is 31.6 Å². The highest BCUT2D eigenvalue weighted by Gasteiger charge is 2.31. The molecule has 0 spiro atoms. The van der Waals surface area contributed by atoms with Gasteiger partial charge < -0.3 is 19.4 Å². The summed E-state index contributed by atoms with van der Waals surface area (Å²) in [6.45, 7) is 5.38. The molecule has 0 aliphatic carbocycles. The average molecular weight is 343 g/mol. The third-order valence-corrected chi connectivity index (χ3v) is 4.86. The highest BCUT2D eigenvalue weighted by atomic mass is 16.2. The predicted molar refractivity (Wildman–Crippen MR) is 96.6 cm³/mol. The molecule has 1 fully saturated rings. The van der Waals surface area contributed by atoms with Gasteiger partial charge in [0.25, 0.3) is 5.56 Å². The van der Waals surface area contributed by atoms with Crippen molar-refractivity contribution in [3.05, 3.63) is 46.4 Å². The Labute approximate surface area is 147 Å². The van der Waals surface area contributed by atoms with Gasteiger partial charge >= 0.3 is 6.03 Å². The van der Waals surface area contributed by atoms with E-state index in [4.69, 9.17) is 0 Å². The molecule has 2 aromatic heterocycles. The van der Waals surface area contributed by atoms with Crippen LogP contribution in [-0.2, 0) is 13.6 Å². The summed E-state index contributed by atoms with van der Waals surface area (Å²) in [4.78, 5) is 31.5. The van der Waals surface area contributed by atoms with Crippen molar-refractivity contribution in [2.24, 2.45) is 7.05 Å². The van der Waals surface area contributed by atoms with Crippen LogP contribution in [0.4, 0.5) is 10.5 Å². The second-order valence-corrected chi connectivity index (χ2v) is 6.50. The second-order valence-electron chi connectivity index (χ2n) is 6.50. The van der Waals surface area contributed by atoms with Crippen molar-refractivity contribution < 1.29 is 4.79 Å². The molecule has 1 saturated heterocycles. The molecule has 0 aromatic carbocycles. The number of urea groups is 1. The molecule has 134 valence electrons. The Kier molecular flexibility index (Phi) is 4.92. The lowest BCUT2D eigenvalue weighted by Crippen LogP contribution is -2.43. The number of hydrogen-bond acceptors (Lipinski definition) is 3. The van der Waals surface area contributed by atoms with Crippen LogP contribution in [0, 0.1) is 6.92 Å². The molecule has 7 nitrogen and oxygen atoms in total. The van der Waals surface area contributed by atoms with Crippen LogP contribution in [0.5, 0.6) is 0 Å². The van der Waals surface area contributed by atoms with Crippen molar-refractivity contribution >= 4 is 11.7 Å². The summed E-state index contributed by atoms with van der Waals surface area (Å²) in [6.07, 6.45) is 8.34. The molecule has 1 N–H and O–H groups in total. The molecule has 3 rings (SSSR count). The molecule has 7 heteroatoms. The summed E-state index contributed by atoms with van der Waals surface area (Å²) in [7, 11) is 1.68. The van der Waals surface area contributed by atoms with Crippen LogP contribution in [0.2, 0.25) is 0 Å². The van der Waals surface area contributed by atoms with Gasteiger partial charge in [-0.15, -0.1) is 0 Å². The van der Waals surface area contributed by atoms with Gasteiger partial charge in [0.2, 0.25) is 0 Å². The third-order valence-electron chi connectivity index (χ3n) is 4.86. The van der Waals surface area contributed by atoms with Crippen LogP contribution in [0.3, 0.4) is 0 Å². The molecule has 0 saturated carbocycles. The van der Waals surface area contributed by atoms with E-state index >= 15 is 0 Å². The minimum Gasteiger partial charge on any atom is -0.333 e. The van der Waals surface area contributed by atoms with E-state index in [-0.39, 0.29) is 17.6 Å². The summed E-state index contributed by atoms with van der Waals surface area (Å²) in [5, 5.41) is 2.84. The molecule has 1 aliphatic heterocycles. The fourth-order valence-corrected chi connectivity index (χ4v) is 3.38. The highest BCUT2D eigenvalue weighted by Crippen LogP contribution is 2.30. The van der Waals surface area contributed by atoms with Gasteiger partial charge in [0.15, 0.2) is 0 Å². The van der Waals surface area contributed by atoms with E-state index in [1.54, 1.807) is 19.4 Å². The zero-order valence-electron chi connectivity index (χ0n) is 15.0. The number of amides is 2. The molecule has 0 unspecified atom stereocenters. The van der Waals surface area contributed by atoms with Crippen molar-refractivity contribution in [1.29, 1.82) is 0 Å². The molecule has 0 bridgehead atoms. The molecular weight excluding hydrogens is 318 g/mol. The largest absolute Gasteiger partial charge is 0.333 e. The van der Waals surface area contributed by atoms with Gasteiger partial charge in [-0.3, -0.25) is 4.79 Å². The first kappa shape index (κ1) is 17.3. The van der Waals surface area contributed by atoms with Gasteiger partial charge in [-0.05, 0) is 44.7 Å². The van der Waals surface area contributed by atoms with Crippen molar-refractivity contribution in [2.45, 2.75) is 45.7 Å². The summed E-state index contributed by atoms with van der Waals surface area (Å²) in [5.41, 5.74) is 0.912. The Hall–Kier alpha value is -2.57. The van der Waals surface area contributed by atoms with Crippen molar-refractivity contribution in [2.75, 3.05) is 11.9 Å². The van der Waals surface area contributed by atoms with E-state index in [0.717, 1.165) is 37.2 Å². The lowest BCUT2D eigenvalue weighted by atomic mass is 10.0. The number of likely N-dealkylation sites (tertiary alicyclic amines) is 1. The Bertz CT molecular complexity index is 823. The van der Waals surface area contributed by atoms with Crippen LogP contribution in [0.25, 0.3) is 0 Å². The summed E-state index contributed by atoms with van der Waals surface area (Å²) in [5.74, 6) is 0.912. The normalized spacial score (nSPS) is 17.6. The highest BCUT2D eigenvalue weighted by molar-refractivity contribution is 5.90.